The summed E-state index contributed by atoms with van der Waals surface area (Å²) < 4.78 is 0. The van der Waals surface area contributed by atoms with Crippen LogP contribution < -0.4 is 5.32 Å². The monoisotopic (exact) mass is 326 g/mol. The average Bonchev–Trinajstić information content (AvgIpc) is 3.13. The number of benzene rings is 1. The smallest absolute Gasteiger partial charge is 0.172 e. The number of hydrogen-bond donors (Lipinski definition) is 1. The zero-order valence-corrected chi connectivity index (χ0v) is 14.4. The zero-order chi connectivity index (χ0) is 16.1. The molecule has 2 aromatic heterocycles. The molecule has 0 unspecified atom stereocenters. The van der Waals surface area contributed by atoms with Gasteiger partial charge in [-0.2, -0.15) is 0 Å². The van der Waals surface area contributed by atoms with Crippen LogP contribution in [0.1, 0.15) is 13.8 Å². The normalized spacial score (nSPS) is 11.3. The third kappa shape index (κ3) is 3.68. The largest absolute Gasteiger partial charge is 0.368 e. The first-order valence-electron chi connectivity index (χ1n) is 8.08. The molecule has 0 fully saturated rings. The molecule has 1 N–H and O–H groups in total. The number of aromatic nitrogens is 2. The molecule has 0 aliphatic heterocycles. The fourth-order valence-corrected chi connectivity index (χ4v) is 3.26. The van der Waals surface area contributed by atoms with E-state index >= 15 is 0 Å². The van der Waals surface area contributed by atoms with E-state index in [9.17, 15) is 0 Å². The Morgan fingerprint density at radius 3 is 2.61 bits per heavy atom. The maximum absolute atomic E-state index is 4.76. The summed E-state index contributed by atoms with van der Waals surface area (Å²) in [5.41, 5.74) is 0.983. The van der Waals surface area contributed by atoms with Crippen LogP contribution in [0.3, 0.4) is 0 Å². The molecule has 0 aliphatic carbocycles. The van der Waals surface area contributed by atoms with E-state index in [-0.39, 0.29) is 0 Å². The number of nitrogens with one attached hydrogen (secondary N) is 1. The highest BCUT2D eigenvalue weighted by Crippen LogP contribution is 2.27. The van der Waals surface area contributed by atoms with Crippen molar-refractivity contribution in [3.8, 4) is 10.7 Å². The van der Waals surface area contributed by atoms with Crippen molar-refractivity contribution in [3.05, 3.63) is 41.8 Å². The molecule has 0 spiro atoms. The molecular weight excluding hydrogens is 304 g/mol. The maximum Gasteiger partial charge on any atom is 0.172 e. The molecule has 4 nitrogen and oxygen atoms in total. The van der Waals surface area contributed by atoms with Crippen molar-refractivity contribution < 1.29 is 0 Å². The lowest BCUT2D eigenvalue weighted by molar-refractivity contribution is 0.316. The van der Waals surface area contributed by atoms with Crippen LogP contribution >= 0.6 is 11.3 Å². The van der Waals surface area contributed by atoms with Gasteiger partial charge in [-0.15, -0.1) is 11.3 Å². The second-order valence-electron chi connectivity index (χ2n) is 5.34. The van der Waals surface area contributed by atoms with Crippen LogP contribution in [0.5, 0.6) is 0 Å². The summed E-state index contributed by atoms with van der Waals surface area (Å²) in [5, 5.41) is 6.63. The molecule has 120 valence electrons. The van der Waals surface area contributed by atoms with Gasteiger partial charge in [0.15, 0.2) is 5.82 Å². The van der Waals surface area contributed by atoms with E-state index in [1.165, 1.54) is 0 Å². The quantitative estimate of drug-likeness (QED) is 0.709. The second kappa shape index (κ2) is 7.53. The van der Waals surface area contributed by atoms with Gasteiger partial charge in [0, 0.05) is 18.5 Å². The van der Waals surface area contributed by atoms with Gasteiger partial charge >= 0.3 is 0 Å². The van der Waals surface area contributed by atoms with Crippen LogP contribution in [0.2, 0.25) is 0 Å². The Labute approximate surface area is 141 Å². The molecule has 0 saturated heterocycles. The number of anilines is 1. The number of rotatable bonds is 7. The van der Waals surface area contributed by atoms with E-state index in [1.54, 1.807) is 11.3 Å². The lowest BCUT2D eigenvalue weighted by Crippen LogP contribution is -2.28. The first kappa shape index (κ1) is 15.9. The van der Waals surface area contributed by atoms with Gasteiger partial charge in [-0.25, -0.2) is 9.97 Å². The van der Waals surface area contributed by atoms with Crippen molar-refractivity contribution in [2.24, 2.45) is 0 Å². The number of likely N-dealkylation sites (N-methyl/N-ethyl adjacent to an activating group) is 1. The van der Waals surface area contributed by atoms with Crippen LogP contribution in [-0.2, 0) is 0 Å². The molecule has 0 saturated carbocycles. The summed E-state index contributed by atoms with van der Waals surface area (Å²) in [5.74, 6) is 1.72. The highest BCUT2D eigenvalue weighted by molar-refractivity contribution is 7.13. The molecule has 0 radical (unpaired) electrons. The maximum atomic E-state index is 4.76. The van der Waals surface area contributed by atoms with E-state index in [0.717, 1.165) is 53.6 Å². The van der Waals surface area contributed by atoms with Crippen LogP contribution in [-0.4, -0.2) is 41.0 Å². The number of hydrogen-bond acceptors (Lipinski definition) is 5. The molecule has 2 heterocycles. The highest BCUT2D eigenvalue weighted by Gasteiger charge is 2.10. The van der Waals surface area contributed by atoms with Gasteiger partial charge < -0.3 is 10.2 Å². The summed E-state index contributed by atoms with van der Waals surface area (Å²) in [6, 6.07) is 12.3. The SMILES string of the molecule is CCN(CC)CCNc1nc(-c2cccs2)nc2ccccc12. The standard InChI is InChI=1S/C18H22N4S/c1-3-22(4-2)12-11-19-17-14-8-5-6-9-15(14)20-18(21-17)16-10-7-13-23-16/h5-10,13H,3-4,11-12H2,1-2H3,(H,19,20,21). The van der Waals surface area contributed by atoms with Crippen molar-refractivity contribution in [2.45, 2.75) is 13.8 Å². The minimum atomic E-state index is 0.795. The minimum absolute atomic E-state index is 0.795. The predicted octanol–water partition coefficient (Wildman–Crippen LogP) is 4.11. The van der Waals surface area contributed by atoms with E-state index in [1.807, 2.05) is 24.3 Å². The molecule has 0 amide bonds. The molecule has 3 rings (SSSR count). The van der Waals surface area contributed by atoms with Crippen molar-refractivity contribution in [3.63, 3.8) is 0 Å². The fraction of sp³-hybridized carbons (Fsp3) is 0.333. The summed E-state index contributed by atoms with van der Waals surface area (Å²) in [6.07, 6.45) is 0. The summed E-state index contributed by atoms with van der Waals surface area (Å²) >= 11 is 1.67. The van der Waals surface area contributed by atoms with E-state index < -0.39 is 0 Å². The topological polar surface area (TPSA) is 41.0 Å². The van der Waals surface area contributed by atoms with E-state index in [2.05, 4.69) is 41.6 Å². The van der Waals surface area contributed by atoms with Crippen LogP contribution in [0, 0.1) is 0 Å². The molecule has 3 aromatic rings. The van der Waals surface area contributed by atoms with E-state index in [0.29, 0.717) is 0 Å². The summed E-state index contributed by atoms with van der Waals surface area (Å²) in [4.78, 5) is 13.0. The van der Waals surface area contributed by atoms with Gasteiger partial charge in [0.25, 0.3) is 0 Å². The van der Waals surface area contributed by atoms with Gasteiger partial charge in [0.2, 0.25) is 0 Å². The Bertz CT molecular complexity index is 751. The Morgan fingerprint density at radius 1 is 1.04 bits per heavy atom. The summed E-state index contributed by atoms with van der Waals surface area (Å²) in [6.45, 7) is 8.43. The van der Waals surface area contributed by atoms with E-state index in [4.69, 9.17) is 9.97 Å². The second-order valence-corrected chi connectivity index (χ2v) is 6.29. The molecule has 1 aromatic carbocycles. The molecular formula is C18H22N4S. The molecule has 23 heavy (non-hydrogen) atoms. The van der Waals surface area contributed by atoms with Gasteiger partial charge in [-0.3, -0.25) is 0 Å². The first-order chi connectivity index (χ1) is 11.3. The fourth-order valence-electron chi connectivity index (χ4n) is 2.60. The number of fused-ring (bicyclic) bond motifs is 1. The molecule has 0 bridgehead atoms. The van der Waals surface area contributed by atoms with Gasteiger partial charge in [0.05, 0.1) is 10.4 Å². The highest BCUT2D eigenvalue weighted by atomic mass is 32.1. The first-order valence-corrected chi connectivity index (χ1v) is 8.96. The van der Waals surface area contributed by atoms with Crippen LogP contribution in [0.15, 0.2) is 41.8 Å². The lowest BCUT2D eigenvalue weighted by Gasteiger charge is -2.18. The Hall–Kier alpha value is -1.98. The van der Waals surface area contributed by atoms with Crippen LogP contribution in [0.4, 0.5) is 5.82 Å². The third-order valence-electron chi connectivity index (χ3n) is 3.96. The number of nitrogens with zero attached hydrogens (tertiary/aromatic N) is 3. The van der Waals surface area contributed by atoms with Gasteiger partial charge in [0.1, 0.15) is 5.82 Å². The molecule has 5 heteroatoms. The molecule has 0 atom stereocenters. The lowest BCUT2D eigenvalue weighted by atomic mass is 10.2. The van der Waals surface area contributed by atoms with Crippen molar-refractivity contribution in [2.75, 3.05) is 31.5 Å². The Morgan fingerprint density at radius 2 is 1.87 bits per heavy atom. The summed E-state index contributed by atoms with van der Waals surface area (Å²) in [7, 11) is 0. The third-order valence-corrected chi connectivity index (χ3v) is 4.83. The number of thiophene rings is 1. The minimum Gasteiger partial charge on any atom is -0.368 e. The van der Waals surface area contributed by atoms with Crippen molar-refractivity contribution in [1.29, 1.82) is 0 Å². The van der Waals surface area contributed by atoms with Crippen molar-refractivity contribution >= 4 is 28.1 Å². The number of para-hydroxylation sites is 1. The predicted molar refractivity (Wildman–Crippen MR) is 99.1 cm³/mol. The Balaban J connectivity index is 1.88. The van der Waals surface area contributed by atoms with Crippen molar-refractivity contribution in [1.82, 2.24) is 14.9 Å². The zero-order valence-electron chi connectivity index (χ0n) is 13.6. The average molecular weight is 326 g/mol. The van der Waals surface area contributed by atoms with Gasteiger partial charge in [-0.1, -0.05) is 32.0 Å². The van der Waals surface area contributed by atoms with Crippen LogP contribution in [0.25, 0.3) is 21.6 Å². The van der Waals surface area contributed by atoms with Gasteiger partial charge in [-0.05, 0) is 36.7 Å². The Kier molecular flexibility index (Phi) is 5.20. The molecule has 0 aliphatic rings.